The van der Waals surface area contributed by atoms with Crippen molar-refractivity contribution >= 4 is 17.7 Å². The summed E-state index contributed by atoms with van der Waals surface area (Å²) in [6.07, 6.45) is 0. The lowest BCUT2D eigenvalue weighted by Crippen LogP contribution is -2.24. The van der Waals surface area contributed by atoms with Crippen molar-refractivity contribution in [1.82, 2.24) is 14.9 Å². The Kier molecular flexibility index (Phi) is 6.83. The van der Waals surface area contributed by atoms with Crippen LogP contribution in [0.4, 0.5) is 0 Å². The van der Waals surface area contributed by atoms with Crippen LogP contribution in [0.2, 0.25) is 0 Å². The van der Waals surface area contributed by atoms with E-state index in [1.165, 1.54) is 11.8 Å². The third-order valence-corrected chi connectivity index (χ3v) is 7.15. The van der Waals surface area contributed by atoms with Crippen LogP contribution in [0.25, 0.3) is 28.2 Å². The summed E-state index contributed by atoms with van der Waals surface area (Å²) in [6.45, 7) is 0.638. The second-order valence-electron chi connectivity index (χ2n) is 8.75. The van der Waals surface area contributed by atoms with Crippen molar-refractivity contribution in [2.75, 3.05) is 12.5 Å². The zero-order valence-electron chi connectivity index (χ0n) is 20.5. The highest BCUT2D eigenvalue weighted by molar-refractivity contribution is 7.99. The molecule has 1 amide bonds. The number of carbonyl (C=O) groups excluding carboxylic acids is 1. The van der Waals surface area contributed by atoms with E-state index in [9.17, 15) is 4.79 Å². The Bertz CT molecular complexity index is 1550. The minimum absolute atomic E-state index is 0.0715. The van der Waals surface area contributed by atoms with Crippen molar-refractivity contribution in [2.45, 2.75) is 11.7 Å². The standard InChI is InChI=1S/C31H25N3O3S/c35-28(32-19-22-16-17-26-27(18-22)37-21-36-26)20-38-31-33-29(23-10-4-1-5-11-23)30(24-12-6-2-7-13-24)34(31)25-14-8-3-9-15-25/h1-18H,19-21H2,(H,32,35). The number of thioether (sulfide) groups is 1. The molecule has 0 atom stereocenters. The largest absolute Gasteiger partial charge is 0.454 e. The van der Waals surface area contributed by atoms with Gasteiger partial charge in [-0.3, -0.25) is 9.36 Å². The van der Waals surface area contributed by atoms with Gasteiger partial charge in [0.1, 0.15) is 0 Å². The Labute approximate surface area is 225 Å². The van der Waals surface area contributed by atoms with Gasteiger partial charge in [-0.15, -0.1) is 0 Å². The number of nitrogens with zero attached hydrogens (tertiary/aromatic N) is 2. The zero-order chi connectivity index (χ0) is 25.7. The number of nitrogens with one attached hydrogen (secondary N) is 1. The van der Waals surface area contributed by atoms with Crippen LogP contribution in [0.5, 0.6) is 11.5 Å². The van der Waals surface area contributed by atoms with Gasteiger partial charge in [0.25, 0.3) is 0 Å². The van der Waals surface area contributed by atoms with Crippen LogP contribution in [-0.2, 0) is 11.3 Å². The fourth-order valence-electron chi connectivity index (χ4n) is 4.41. The molecule has 0 bridgehead atoms. The van der Waals surface area contributed by atoms with Crippen LogP contribution in [0.3, 0.4) is 0 Å². The second kappa shape index (κ2) is 10.9. The maximum Gasteiger partial charge on any atom is 0.231 e. The van der Waals surface area contributed by atoms with E-state index in [2.05, 4.69) is 46.3 Å². The van der Waals surface area contributed by atoms with Gasteiger partial charge in [0.2, 0.25) is 12.7 Å². The lowest BCUT2D eigenvalue weighted by molar-refractivity contribution is -0.118. The third-order valence-electron chi connectivity index (χ3n) is 6.21. The monoisotopic (exact) mass is 519 g/mol. The van der Waals surface area contributed by atoms with Gasteiger partial charge in [-0.1, -0.05) is 96.7 Å². The first-order valence-electron chi connectivity index (χ1n) is 12.3. The summed E-state index contributed by atoms with van der Waals surface area (Å²) in [7, 11) is 0. The summed E-state index contributed by atoms with van der Waals surface area (Å²) in [5.74, 6) is 1.60. The van der Waals surface area contributed by atoms with Crippen LogP contribution >= 0.6 is 11.8 Å². The van der Waals surface area contributed by atoms with E-state index < -0.39 is 0 Å². The molecule has 6 nitrogen and oxygen atoms in total. The van der Waals surface area contributed by atoms with Gasteiger partial charge >= 0.3 is 0 Å². The second-order valence-corrected chi connectivity index (χ2v) is 9.69. The molecule has 1 N–H and O–H groups in total. The highest BCUT2D eigenvalue weighted by atomic mass is 32.2. The molecule has 5 aromatic rings. The first-order chi connectivity index (χ1) is 18.8. The molecule has 6 rings (SSSR count). The maximum absolute atomic E-state index is 12.9. The molecule has 0 radical (unpaired) electrons. The SMILES string of the molecule is O=C(CSc1nc(-c2ccccc2)c(-c2ccccc2)n1-c1ccccc1)NCc1ccc2c(c1)OCO2. The summed E-state index contributed by atoms with van der Waals surface area (Å²) < 4.78 is 13.0. The molecule has 0 saturated heterocycles. The number of hydrogen-bond acceptors (Lipinski definition) is 5. The number of rotatable bonds is 8. The van der Waals surface area contributed by atoms with Crippen molar-refractivity contribution in [2.24, 2.45) is 0 Å². The number of benzene rings is 4. The maximum atomic E-state index is 12.9. The fraction of sp³-hybridized carbons (Fsp3) is 0.0968. The third kappa shape index (κ3) is 5.01. The minimum Gasteiger partial charge on any atom is -0.454 e. The summed E-state index contributed by atoms with van der Waals surface area (Å²) in [4.78, 5) is 18.0. The van der Waals surface area contributed by atoms with Gasteiger partial charge in [-0.05, 0) is 29.8 Å². The van der Waals surface area contributed by atoms with Crippen molar-refractivity contribution in [1.29, 1.82) is 0 Å². The van der Waals surface area contributed by atoms with Gasteiger partial charge in [0.05, 0.1) is 17.1 Å². The van der Waals surface area contributed by atoms with E-state index in [1.54, 1.807) is 0 Å². The Morgan fingerprint density at radius 1 is 0.816 bits per heavy atom. The van der Waals surface area contributed by atoms with E-state index in [0.717, 1.165) is 44.7 Å². The molecule has 1 aliphatic heterocycles. The number of fused-ring (bicyclic) bond motifs is 1. The highest BCUT2D eigenvalue weighted by Crippen LogP contribution is 2.38. The summed E-state index contributed by atoms with van der Waals surface area (Å²) in [6, 6.07) is 36.3. The van der Waals surface area contributed by atoms with Gasteiger partial charge in [-0.25, -0.2) is 4.98 Å². The Hall–Kier alpha value is -4.49. The summed E-state index contributed by atoms with van der Waals surface area (Å²) in [5, 5.41) is 3.77. The number of ether oxygens (including phenoxy) is 2. The molecule has 38 heavy (non-hydrogen) atoms. The van der Waals surface area contributed by atoms with Gasteiger partial charge < -0.3 is 14.8 Å². The first kappa shape index (κ1) is 23.9. The molecule has 7 heteroatoms. The molecular formula is C31H25N3O3S. The number of amides is 1. The average molecular weight is 520 g/mol. The number of hydrogen-bond donors (Lipinski definition) is 1. The van der Waals surface area contributed by atoms with Gasteiger partial charge in [0.15, 0.2) is 16.7 Å². The van der Waals surface area contributed by atoms with E-state index >= 15 is 0 Å². The van der Waals surface area contributed by atoms with Crippen molar-refractivity contribution in [3.05, 3.63) is 115 Å². The average Bonchev–Trinajstić information content (AvgIpc) is 3.61. The number of para-hydroxylation sites is 1. The highest BCUT2D eigenvalue weighted by Gasteiger charge is 2.22. The molecular weight excluding hydrogens is 494 g/mol. The minimum atomic E-state index is -0.0715. The quantitative estimate of drug-likeness (QED) is 0.242. The van der Waals surface area contributed by atoms with Crippen LogP contribution in [-0.4, -0.2) is 28.0 Å². The van der Waals surface area contributed by atoms with Crippen LogP contribution in [0.1, 0.15) is 5.56 Å². The first-order valence-corrected chi connectivity index (χ1v) is 13.3. The van der Waals surface area contributed by atoms with Crippen LogP contribution < -0.4 is 14.8 Å². The predicted molar refractivity (Wildman–Crippen MR) is 150 cm³/mol. The smallest absolute Gasteiger partial charge is 0.231 e. The van der Waals surface area contributed by atoms with E-state index in [4.69, 9.17) is 14.5 Å². The van der Waals surface area contributed by atoms with Gasteiger partial charge in [-0.2, -0.15) is 0 Å². The fourth-order valence-corrected chi connectivity index (χ4v) is 5.25. The lowest BCUT2D eigenvalue weighted by Gasteiger charge is -2.13. The number of aromatic nitrogens is 2. The molecule has 2 heterocycles. The molecule has 1 aliphatic rings. The molecule has 188 valence electrons. The molecule has 4 aromatic carbocycles. The molecule has 1 aromatic heterocycles. The predicted octanol–water partition coefficient (Wildman–Crippen LogP) is 6.34. The molecule has 0 fully saturated rings. The van der Waals surface area contributed by atoms with Crippen LogP contribution in [0.15, 0.2) is 114 Å². The van der Waals surface area contributed by atoms with E-state index in [0.29, 0.717) is 12.3 Å². The molecule has 0 unspecified atom stereocenters. The van der Waals surface area contributed by atoms with Crippen LogP contribution in [0, 0.1) is 0 Å². The molecule has 0 saturated carbocycles. The Balaban J connectivity index is 1.30. The normalized spacial score (nSPS) is 11.9. The van der Waals surface area contributed by atoms with E-state index in [1.807, 2.05) is 72.8 Å². The number of imidazole rings is 1. The Morgan fingerprint density at radius 3 is 2.21 bits per heavy atom. The molecule has 0 aliphatic carbocycles. The van der Waals surface area contributed by atoms with E-state index in [-0.39, 0.29) is 18.5 Å². The topological polar surface area (TPSA) is 65.4 Å². The van der Waals surface area contributed by atoms with Crippen molar-refractivity contribution in [3.63, 3.8) is 0 Å². The van der Waals surface area contributed by atoms with Gasteiger partial charge in [0, 0.05) is 23.4 Å². The Morgan fingerprint density at radius 2 is 1.47 bits per heavy atom. The van der Waals surface area contributed by atoms with Crippen molar-refractivity contribution in [3.8, 4) is 39.7 Å². The summed E-state index contributed by atoms with van der Waals surface area (Å²) in [5.41, 5.74) is 5.90. The van der Waals surface area contributed by atoms with Crippen molar-refractivity contribution < 1.29 is 14.3 Å². The lowest BCUT2D eigenvalue weighted by atomic mass is 10.0. The summed E-state index contributed by atoms with van der Waals surface area (Å²) >= 11 is 1.42. The molecule has 0 spiro atoms. The number of carbonyl (C=O) groups is 1. The zero-order valence-corrected chi connectivity index (χ0v) is 21.4.